The van der Waals surface area contributed by atoms with Crippen LogP contribution in [-0.2, 0) is 16.4 Å². The number of nitrogens with zero attached hydrogens (tertiary/aromatic N) is 13. The van der Waals surface area contributed by atoms with Crippen LogP contribution in [0.4, 0.5) is 85.8 Å². The lowest BCUT2D eigenvalue weighted by Crippen LogP contribution is -2.47. The molecule has 16 aromatic rings. The molecule has 131 heavy (non-hydrogen) atoms. The molecular weight excluding hydrogens is 1700 g/mol. The van der Waals surface area contributed by atoms with Gasteiger partial charge in [-0.05, 0) is 177 Å². The van der Waals surface area contributed by atoms with E-state index in [9.17, 15) is 28.6 Å². The molecule has 27 nitrogen and oxygen atoms in total. The number of hydrazine groups is 5. The molecule has 0 bridgehead atoms. The number of nitro groups is 2. The number of rotatable bonds is 28. The molecule has 0 saturated carbocycles. The topological polar surface area (TPSA) is 306 Å². The smallest absolute Gasteiger partial charge is 0.331 e. The van der Waals surface area contributed by atoms with Gasteiger partial charge in [-0.2, -0.15) is 15.0 Å². The van der Waals surface area contributed by atoms with Crippen LogP contribution in [-0.4, -0.2) is 73.1 Å². The van der Waals surface area contributed by atoms with Crippen LogP contribution < -0.4 is 67.5 Å². The van der Waals surface area contributed by atoms with E-state index >= 15 is 0 Å². The summed E-state index contributed by atoms with van der Waals surface area (Å²) in [5.41, 5.74) is 28.9. The average Bonchev–Trinajstić information content (AvgIpc) is 0.830. The number of amidine groups is 2. The van der Waals surface area contributed by atoms with Crippen molar-refractivity contribution in [2.45, 2.75) is 25.3 Å². The molecule has 0 spiro atoms. The van der Waals surface area contributed by atoms with E-state index in [0.29, 0.717) is 23.1 Å². The van der Waals surface area contributed by atoms with Gasteiger partial charge < -0.3 is 15.4 Å². The van der Waals surface area contributed by atoms with Gasteiger partial charge in [-0.3, -0.25) is 82.4 Å². The van der Waals surface area contributed by atoms with Crippen molar-refractivity contribution in [1.82, 2.24) is 41.4 Å². The summed E-state index contributed by atoms with van der Waals surface area (Å²) in [7, 11) is -2.23. The molecule has 14 aromatic carbocycles. The number of thiocarbonyl (C=S) groups is 2. The molecule has 0 radical (unpaired) electrons. The van der Waals surface area contributed by atoms with Crippen molar-refractivity contribution in [1.29, 1.82) is 0 Å². The number of ether oxygens (including phenoxy) is 1. The van der Waals surface area contributed by atoms with Crippen molar-refractivity contribution < 1.29 is 23.0 Å². The third kappa shape index (κ3) is 26.7. The van der Waals surface area contributed by atoms with Crippen LogP contribution in [0.3, 0.4) is 0 Å². The van der Waals surface area contributed by atoms with E-state index in [-0.39, 0.29) is 45.0 Å². The first-order valence-corrected chi connectivity index (χ1v) is 43.5. The van der Waals surface area contributed by atoms with E-state index in [0.717, 1.165) is 85.6 Å². The number of hydrogen-bond acceptors (Lipinski definition) is 23. The first kappa shape index (κ1) is 91.6. The molecule has 0 aliphatic rings. The van der Waals surface area contributed by atoms with Crippen LogP contribution in [0.1, 0.15) is 27.8 Å². The summed E-state index contributed by atoms with van der Waals surface area (Å²) in [6.45, 7) is 4.54. The third-order valence-corrected chi connectivity index (χ3v) is 21.0. The monoisotopic (exact) mass is 1790 g/mol. The number of para-hydroxylation sites is 10. The highest BCUT2D eigenvalue weighted by atomic mass is 32.2. The molecular formula is C101H90N20O7S3. The lowest BCUT2D eigenvalue weighted by molar-refractivity contribution is -0.384. The van der Waals surface area contributed by atoms with Gasteiger partial charge in [0, 0.05) is 11.1 Å². The molecule has 0 fully saturated rings. The Morgan fingerprint density at radius 2 is 0.641 bits per heavy atom. The molecule has 7 N–H and O–H groups in total. The van der Waals surface area contributed by atoms with Crippen molar-refractivity contribution in [3.8, 4) is 6.01 Å². The Balaban J connectivity index is 0.000000150. The predicted octanol–water partition coefficient (Wildman–Crippen LogP) is 21.8. The molecule has 0 saturated heterocycles. The lowest BCUT2D eigenvalue weighted by Gasteiger charge is -2.27. The number of anilines is 13. The molecule has 0 atom stereocenters. The van der Waals surface area contributed by atoms with Crippen molar-refractivity contribution in [3.05, 3.63) is 473 Å². The van der Waals surface area contributed by atoms with E-state index < -0.39 is 25.6 Å². The minimum Gasteiger partial charge on any atom is -0.467 e. The normalized spacial score (nSPS) is 10.8. The molecule has 16 rings (SSSR count). The Morgan fingerprint density at radius 3 is 0.977 bits per heavy atom. The first-order valence-electron chi connectivity index (χ1n) is 41.1. The maximum Gasteiger partial charge on any atom is 0.331 e. The Hall–Kier alpha value is -17.1. The van der Waals surface area contributed by atoms with Crippen LogP contribution >= 0.6 is 24.4 Å². The first-order chi connectivity index (χ1) is 64.0. The maximum absolute atomic E-state index is 12.9. The summed E-state index contributed by atoms with van der Waals surface area (Å²) in [4.78, 5) is 48.3. The van der Waals surface area contributed by atoms with Gasteiger partial charge in [0.2, 0.25) is 17.6 Å². The van der Waals surface area contributed by atoms with Gasteiger partial charge in [0.05, 0.1) is 85.3 Å². The maximum atomic E-state index is 12.9. The van der Waals surface area contributed by atoms with Crippen LogP contribution in [0, 0.1) is 34.1 Å². The molecule has 654 valence electrons. The zero-order valence-corrected chi connectivity index (χ0v) is 73.7. The van der Waals surface area contributed by atoms with Crippen molar-refractivity contribution in [2.75, 3.05) is 54.3 Å². The number of aromatic nitrogens is 4. The van der Waals surface area contributed by atoms with Gasteiger partial charge in [-0.15, -0.1) is 0 Å². The fraction of sp³-hybridized carbons (Fsp3) is 0.0495. The van der Waals surface area contributed by atoms with Gasteiger partial charge in [0.1, 0.15) is 29.9 Å². The Bertz CT molecular complexity index is 6320. The number of nitrogens with one attached hydrogen (secondary N) is 7. The standard InChI is InChI=1S/C28H23N7O2.C28H26N4O2S2.C28H26N4S.C17H15N5O3/c36-35(37)26-21-29-28(32-34(24-17-9-3-10-18-24)25-19-11-4-12-20-25)30-27(26)31-33(22-13-5-1-6-14-22)23-15-7-2-8-16-23;1-22-17-19-26(20-18-22)36(33,34)21-29-27(23-11-5-2-6-12-23)30-28(35)31-32(24-13-7-3-8-14-24)25-15-9-4-10-16-25;1-22-17-19-24(20-18-22)27(29-21-23-11-5-2-6-12-23)30-28(33)31-32(25-13-7-3-8-14-25)26-15-9-4-10-16-26;1-25-17-18-12-15(22(23)24)16(19-17)20-21(13-8-4-2-5-9-13)14-10-6-3-7-11-14/h1-21H,(H2,29,30,31,32);2-20H,21H2,1H3,(H2,29,30,31,35);2-20H,21H2,1H3,(H2,29,30,31,33);2-12H,1H3,(H,18,19,20). The molecule has 0 unspecified atom stereocenters. The van der Waals surface area contributed by atoms with E-state index in [1.807, 2.05) is 374 Å². The fourth-order valence-corrected chi connectivity index (χ4v) is 14.1. The second-order valence-corrected chi connectivity index (χ2v) is 31.3. The van der Waals surface area contributed by atoms with Crippen LogP contribution in [0.5, 0.6) is 6.01 Å². The highest BCUT2D eigenvalue weighted by molar-refractivity contribution is 7.91. The summed E-state index contributed by atoms with van der Waals surface area (Å²) in [5, 5.41) is 39.4. The summed E-state index contributed by atoms with van der Waals surface area (Å²) in [5.74, 6) is 0.904. The number of sulfone groups is 1. The number of aliphatic imine (C=N–C) groups is 2. The number of aryl methyl sites for hydroxylation is 2. The number of benzene rings is 14. The third-order valence-electron chi connectivity index (χ3n) is 19.2. The van der Waals surface area contributed by atoms with Crippen molar-refractivity contribution in [2.24, 2.45) is 9.98 Å². The van der Waals surface area contributed by atoms with Gasteiger partial charge >= 0.3 is 17.4 Å². The molecule has 2 aromatic heterocycles. The molecule has 30 heteroatoms. The number of methoxy groups -OCH3 is 1. The predicted molar refractivity (Wildman–Crippen MR) is 532 cm³/mol. The summed E-state index contributed by atoms with van der Waals surface area (Å²) in [6.07, 6.45) is 2.31. The molecule has 0 amide bonds. The van der Waals surface area contributed by atoms with Crippen molar-refractivity contribution >= 4 is 142 Å². The SMILES string of the molecule is COc1ncc([N+](=O)[O-])c(NN(c2ccccc2)c2ccccc2)n1.Cc1ccc(C(=NCc2ccccc2)NC(=S)NN(c2ccccc2)c2ccccc2)cc1.Cc1ccc(S(=O)(=O)CN=C(NC(=S)NN(c2ccccc2)c2ccccc2)c2ccccc2)cc1.O=[N+]([O-])c1cnc(NN(c2ccccc2)c2ccccc2)nc1NN(c1ccccc1)c1ccccc1. The Kier molecular flexibility index (Phi) is 32.7. The summed E-state index contributed by atoms with van der Waals surface area (Å²) >= 11 is 11.3. The minimum atomic E-state index is -3.63. The van der Waals surface area contributed by atoms with Crippen molar-refractivity contribution in [3.63, 3.8) is 0 Å². The zero-order chi connectivity index (χ0) is 91.4. The van der Waals surface area contributed by atoms with Crippen LogP contribution in [0.15, 0.2) is 440 Å². The minimum absolute atomic E-state index is 0.0320. The largest absolute Gasteiger partial charge is 0.467 e. The van der Waals surface area contributed by atoms with E-state index in [1.54, 1.807) is 34.3 Å². The van der Waals surface area contributed by atoms with Gasteiger partial charge in [0.25, 0.3) is 0 Å². The Labute approximate surface area is 770 Å². The second-order valence-electron chi connectivity index (χ2n) is 28.5. The average molecular weight is 1790 g/mol. The number of hydrogen-bond donors (Lipinski definition) is 7. The van der Waals surface area contributed by atoms with E-state index in [1.165, 1.54) is 18.9 Å². The van der Waals surface area contributed by atoms with E-state index in [4.69, 9.17) is 34.2 Å². The van der Waals surface area contributed by atoms with Crippen LogP contribution in [0.2, 0.25) is 0 Å². The summed E-state index contributed by atoms with van der Waals surface area (Å²) < 4.78 is 30.8. The zero-order valence-electron chi connectivity index (χ0n) is 71.2. The van der Waals surface area contributed by atoms with Gasteiger partial charge in [-0.1, -0.05) is 290 Å². The second kappa shape index (κ2) is 46.8. The van der Waals surface area contributed by atoms with E-state index in [2.05, 4.69) is 106 Å². The Morgan fingerprint density at radius 1 is 0.359 bits per heavy atom. The van der Waals surface area contributed by atoms with Gasteiger partial charge in [0.15, 0.2) is 20.1 Å². The fourth-order valence-electron chi connectivity index (χ4n) is 12.7. The lowest BCUT2D eigenvalue weighted by atomic mass is 10.1. The molecule has 0 aliphatic heterocycles. The highest BCUT2D eigenvalue weighted by Crippen LogP contribution is 2.34. The highest BCUT2D eigenvalue weighted by Gasteiger charge is 2.26. The molecule has 2 heterocycles. The summed E-state index contributed by atoms with van der Waals surface area (Å²) in [6, 6.07) is 131. The quantitative estimate of drug-likeness (QED) is 0.00788. The molecule has 0 aliphatic carbocycles. The van der Waals surface area contributed by atoms with Gasteiger partial charge in [-0.25, -0.2) is 13.4 Å². The van der Waals surface area contributed by atoms with Crippen LogP contribution in [0.25, 0.3) is 0 Å².